The molecule has 0 bridgehead atoms. The minimum Gasteiger partial charge on any atom is -0.506 e. The van der Waals surface area contributed by atoms with E-state index in [2.05, 4.69) is 92.3 Å². The number of rotatable bonds is 32. The van der Waals surface area contributed by atoms with Gasteiger partial charge in [0.1, 0.15) is 60.1 Å². The number of benzene rings is 2. The topological polar surface area (TPSA) is 496 Å². The number of aromatic amines is 2. The van der Waals surface area contributed by atoms with Crippen LogP contribution in [0.3, 0.4) is 0 Å². The average molecular weight is 1830 g/mol. The summed E-state index contributed by atoms with van der Waals surface area (Å²) in [6.45, 7) is 14.3. The Morgan fingerprint density at radius 2 is 1.26 bits per heavy atom. The fourth-order valence-corrected chi connectivity index (χ4v) is 14.0. The maximum absolute atomic E-state index is 15.5. The third-order valence-electron chi connectivity index (χ3n) is 17.1. The molecule has 0 aliphatic carbocycles. The molecule has 0 radical (unpaired) electrons. The number of Topliss-reactive ketones (excluding diaryl/α,β-unsaturated/α-hetero) is 1. The van der Waals surface area contributed by atoms with Crippen LogP contribution in [0.1, 0.15) is 82.8 Å². The number of H-pyrrole nitrogens is 2. The molecule has 4 aromatic rings. The number of amides is 12. The Bertz CT molecular complexity index is 3670. The summed E-state index contributed by atoms with van der Waals surface area (Å²) >= 11 is 6.28. The Balaban J connectivity index is 0.0000121. The fourth-order valence-electron chi connectivity index (χ4n) is 11.5. The molecule has 107 heavy (non-hydrogen) atoms. The molecule has 2 aromatic heterocycles. The van der Waals surface area contributed by atoms with Crippen LogP contribution in [0, 0.1) is 106 Å². The number of imidazole rings is 2. The van der Waals surface area contributed by atoms with E-state index in [-0.39, 0.29) is 166 Å². The number of phenols is 1. The SMILES string of the molecule is [CH2-]C(=O)NCCN(CCNC([CH2-])=O)CC(=O)N[C@@H](Cc1ccccc1)C(=O)N[C@@H](Cc1cnc[nH]1)C(=O)N[C@H]1CSSC[C@@H](C(=O)N[C@@H](Cc2cnc[nH]2)C(=O)N[C@H](C(C)=O)C(C)CC)NC(=O)[C@H](CC(C)C)NC(=O)[C@H](CC(=O)O)NC(=O)[C@H](Cc2ccc(O)c(Cl)c2)NC(=O)[C@@H]2CC(O)CN2C1=O.[Gd].[Gd]. The summed E-state index contributed by atoms with van der Waals surface area (Å²) in [5.41, 5.74) is 1.47. The molecule has 2 unspecified atom stereocenters. The van der Waals surface area contributed by atoms with Crippen LogP contribution in [0.4, 0.5) is 0 Å². The zero-order valence-corrected chi connectivity index (χ0v) is 66.3. The van der Waals surface area contributed by atoms with Crippen molar-refractivity contribution in [3.05, 3.63) is 115 Å². The molecule has 2 fully saturated rings. The number of phenolic OH excluding ortho intramolecular Hbond substituents is 1. The van der Waals surface area contributed by atoms with Crippen LogP contribution in [-0.2, 0) is 92.8 Å². The molecule has 2 saturated heterocycles. The second-order valence-corrected chi connectivity index (χ2v) is 28.9. The van der Waals surface area contributed by atoms with E-state index < -0.39 is 187 Å². The maximum Gasteiger partial charge on any atom is 0.305 e. The number of carboxylic acids is 1. The van der Waals surface area contributed by atoms with Crippen LogP contribution in [-0.4, -0.2) is 245 Å². The van der Waals surface area contributed by atoms with Crippen molar-refractivity contribution in [1.82, 2.24) is 88.2 Å². The Morgan fingerprint density at radius 3 is 1.82 bits per heavy atom. The number of nitrogens with zero attached hydrogens (tertiary/aromatic N) is 4. The third kappa shape index (κ3) is 31.0. The van der Waals surface area contributed by atoms with E-state index in [0.717, 1.165) is 26.5 Å². The van der Waals surface area contributed by atoms with Gasteiger partial charge in [0, 0.05) is 180 Å². The number of aromatic hydroxyl groups is 1. The summed E-state index contributed by atoms with van der Waals surface area (Å²) in [7, 11) is 1.74. The van der Waals surface area contributed by atoms with Crippen molar-refractivity contribution >= 4 is 116 Å². The molecule has 0 saturated carbocycles. The second-order valence-electron chi connectivity index (χ2n) is 25.9. The second kappa shape index (κ2) is 46.3. The first-order chi connectivity index (χ1) is 49.9. The number of halogens is 1. The largest absolute Gasteiger partial charge is 0.506 e. The molecule has 39 heteroatoms. The Kier molecular flexibility index (Phi) is 39.9. The van der Waals surface area contributed by atoms with Crippen LogP contribution in [0.2, 0.25) is 5.02 Å². The van der Waals surface area contributed by atoms with Crippen molar-refractivity contribution in [2.24, 2.45) is 11.8 Å². The predicted molar refractivity (Wildman–Crippen MR) is 385 cm³/mol. The van der Waals surface area contributed by atoms with E-state index in [1.807, 2.05) is 6.92 Å². The number of aliphatic hydroxyl groups excluding tert-OH is 1. The summed E-state index contributed by atoms with van der Waals surface area (Å²) in [4.78, 5) is 213. The molecular weight excluding hydrogens is 1740 g/mol. The number of hydrogen-bond acceptors (Lipinski definition) is 21. The molecule has 4 heterocycles. The van der Waals surface area contributed by atoms with Gasteiger partial charge in [-0.3, -0.25) is 62.4 Å². The Morgan fingerprint density at radius 1 is 0.701 bits per heavy atom. The van der Waals surface area contributed by atoms with Crippen LogP contribution < -0.4 is 58.5 Å². The predicted octanol–water partition coefficient (Wildman–Crippen LogP) is -2.16. The summed E-state index contributed by atoms with van der Waals surface area (Å²) in [5, 5.41) is 60.5. The summed E-state index contributed by atoms with van der Waals surface area (Å²) in [5.74, 6) is -14.8. The monoisotopic (exact) mass is 1830 g/mol. The van der Waals surface area contributed by atoms with E-state index in [0.29, 0.717) is 23.4 Å². The van der Waals surface area contributed by atoms with Crippen molar-refractivity contribution in [2.75, 3.05) is 50.8 Å². The zero-order chi connectivity index (χ0) is 77.0. The standard InChI is InChI=1S/C68H92ClN17O17S2.2Gd/c1-8-37(4)59(38(5)87)84-65(100)51(25-44-29-71-35-75-44)79-66(101)53-32-104-105-33-54(83-63(98)50(24-43-28-70-34-74-43)78-61(96)48(22-41-12-10-9-11-13-41)76-57(92)31-85(18-16-72-39(6)88)19-17-73-40(7)89)68(103)86-30-45(90)26-55(86)67(102)81-49(23-42-14-15-56(91)46(69)21-42)62(97)80-52(27-58(93)94)64(99)77-47(20-36(2)3)60(95)82-53;;/h9-15,21,28-29,34-37,45,47-55,59,90-91H,6-8,16-20,22-27,30-33H2,1-5H3,(H,70,74)(H,71,75)(H,72,88)(H,73,89)(H,76,92)(H,77,99)(H,78,96)(H,79,101)(H,80,97)(H,81,102)(H,82,95)(H,83,98)(H,84,100)(H,93,94);;/q-2;;/t37?,45?,47-,48-,49-,50-,51-,52-,53-,54-,55-,59-;;/m0../s1. The Labute approximate surface area is 695 Å². The number of nitrogens with one attached hydrogen (secondary N) is 13. The molecule has 12 amide bonds. The van der Waals surface area contributed by atoms with Gasteiger partial charge < -0.3 is 112 Å². The maximum atomic E-state index is 15.5. The quantitative estimate of drug-likeness (QED) is 0.0183. The smallest absolute Gasteiger partial charge is 0.305 e. The summed E-state index contributed by atoms with van der Waals surface area (Å²) in [6, 6.07) is -3.34. The molecule has 12 atom stereocenters. The van der Waals surface area contributed by atoms with Gasteiger partial charge in [-0.1, -0.05) is 104 Å². The molecule has 6 rings (SSSR count). The number of fused-ring (bicyclic) bond motifs is 1. The number of aliphatic carboxylic acids is 1. The Hall–Kier alpha value is -7.26. The van der Waals surface area contributed by atoms with Crippen molar-refractivity contribution in [2.45, 2.75) is 153 Å². The molecule has 0 spiro atoms. The minimum atomic E-state index is -1.97. The molecule has 588 valence electrons. The molecule has 16 N–H and O–H groups in total. The van der Waals surface area contributed by atoms with Gasteiger partial charge in [0.25, 0.3) is 0 Å². The number of ketones is 1. The van der Waals surface area contributed by atoms with Crippen LogP contribution >= 0.6 is 33.2 Å². The number of aromatic nitrogens is 4. The van der Waals surface area contributed by atoms with Crippen LogP contribution in [0.5, 0.6) is 5.75 Å². The van der Waals surface area contributed by atoms with Gasteiger partial charge in [-0.2, -0.15) is 0 Å². The van der Waals surface area contributed by atoms with Gasteiger partial charge in [0.05, 0.1) is 54.6 Å². The summed E-state index contributed by atoms with van der Waals surface area (Å²) < 4.78 is 0. The van der Waals surface area contributed by atoms with Gasteiger partial charge in [0.2, 0.25) is 59.1 Å². The van der Waals surface area contributed by atoms with Gasteiger partial charge >= 0.3 is 5.97 Å². The molecule has 34 nitrogen and oxygen atoms in total. The minimum absolute atomic E-state index is 0. The van der Waals surface area contributed by atoms with Crippen molar-refractivity contribution in [3.8, 4) is 5.75 Å². The van der Waals surface area contributed by atoms with Crippen LogP contribution in [0.25, 0.3) is 0 Å². The number of carboxylic acid groups (broad SMARTS) is 1. The molecule has 2 aliphatic heterocycles. The third-order valence-corrected chi connectivity index (χ3v) is 19.8. The molecule has 2 aromatic carbocycles. The van der Waals surface area contributed by atoms with Gasteiger partial charge in [-0.15, -0.1) is 0 Å². The van der Waals surface area contributed by atoms with E-state index in [9.17, 15) is 72.9 Å². The normalized spacial score (nSPS) is 20.2. The van der Waals surface area contributed by atoms with E-state index >= 15 is 9.59 Å². The number of aliphatic hydroxyl groups is 1. The number of carbonyl (C=O) groups excluding carboxylic acids is 13. The van der Waals surface area contributed by atoms with Crippen molar-refractivity contribution in [1.29, 1.82) is 0 Å². The number of hydrogen-bond donors (Lipinski definition) is 16. The van der Waals surface area contributed by atoms with Gasteiger partial charge in [-0.25, -0.2) is 9.97 Å². The van der Waals surface area contributed by atoms with E-state index in [4.69, 9.17) is 11.6 Å². The van der Waals surface area contributed by atoms with E-state index in [1.165, 1.54) is 50.2 Å². The zero-order valence-electron chi connectivity index (χ0n) is 59.4. The van der Waals surface area contributed by atoms with Gasteiger partial charge in [0.15, 0.2) is 5.78 Å². The first-order valence-corrected chi connectivity index (χ1v) is 36.8. The number of carbonyl (C=O) groups is 14. The molecular formula is C68H92ClGd2N17O17S2-2. The molecule has 2 aliphatic rings. The van der Waals surface area contributed by atoms with Crippen molar-refractivity contribution < 1.29 is 162 Å². The van der Waals surface area contributed by atoms with Crippen molar-refractivity contribution in [3.63, 3.8) is 0 Å². The van der Waals surface area contributed by atoms with Crippen LogP contribution in [0.15, 0.2) is 73.6 Å². The first kappa shape index (κ1) is 92.1. The fraction of sp³-hybridized carbons (Fsp3) is 0.500. The summed E-state index contributed by atoms with van der Waals surface area (Å²) in [6.07, 6.45) is 1.69. The first-order valence-electron chi connectivity index (χ1n) is 33.9. The van der Waals surface area contributed by atoms with E-state index in [1.54, 1.807) is 56.0 Å². The average Bonchev–Trinajstić information content (AvgIpc) is 1.72. The van der Waals surface area contributed by atoms with Gasteiger partial charge in [-0.05, 0) is 48.4 Å².